The third kappa shape index (κ3) is 10.6. The molecule has 0 unspecified atom stereocenters. The first-order chi connectivity index (χ1) is 15.6. The third-order valence-corrected chi connectivity index (χ3v) is 5.18. The number of aliphatic hydroxyl groups is 1. The summed E-state index contributed by atoms with van der Waals surface area (Å²) >= 11 is 8.53. The normalized spacial score (nSPS) is 15.7. The molecule has 0 aliphatic carbocycles. The van der Waals surface area contributed by atoms with Crippen molar-refractivity contribution >= 4 is 40.1 Å². The van der Waals surface area contributed by atoms with Crippen LogP contribution in [0.3, 0.4) is 0 Å². The Morgan fingerprint density at radius 3 is 1.82 bits per heavy atom. The molecular formula is C20H31BBrClN4O6. The van der Waals surface area contributed by atoms with E-state index in [1.54, 1.807) is 39.0 Å². The molecule has 10 nitrogen and oxygen atoms in total. The van der Waals surface area contributed by atoms with Crippen molar-refractivity contribution in [2.75, 3.05) is 40.6 Å². The van der Waals surface area contributed by atoms with Crippen LogP contribution >= 0.6 is 27.5 Å². The predicted molar refractivity (Wildman–Crippen MR) is 129 cm³/mol. The maximum absolute atomic E-state index is 7.94. The molecule has 13 heteroatoms. The van der Waals surface area contributed by atoms with E-state index in [1.807, 2.05) is 27.7 Å². The van der Waals surface area contributed by atoms with Crippen LogP contribution in [0.4, 0.5) is 0 Å². The highest BCUT2D eigenvalue weighted by Crippen LogP contribution is 2.36. The molecule has 1 fully saturated rings. The average molecular weight is 550 g/mol. The lowest BCUT2D eigenvalue weighted by Gasteiger charge is -2.32. The molecule has 0 saturated carbocycles. The summed E-state index contributed by atoms with van der Waals surface area (Å²) in [4.78, 5) is 15.7. The molecule has 3 rings (SSSR count). The van der Waals surface area contributed by atoms with Gasteiger partial charge in [0.15, 0.2) is 0 Å². The molecule has 0 bridgehead atoms. The van der Waals surface area contributed by atoms with Crippen molar-refractivity contribution in [2.24, 2.45) is 0 Å². The SMILES string of the molecule is COCCO.COCCOc1ncc(B2OC(C)(C)C(C)(C)O2)cn1.Clc1ncc(Br)cn1. The Kier molecular flexibility index (Phi) is 13.3. The lowest BCUT2D eigenvalue weighted by atomic mass is 9.81. The summed E-state index contributed by atoms with van der Waals surface area (Å²) in [5, 5.41) is 8.21. The summed E-state index contributed by atoms with van der Waals surface area (Å²) in [5.74, 6) is 0. The second-order valence-corrected chi connectivity index (χ2v) is 8.87. The molecule has 1 aliphatic heterocycles. The van der Waals surface area contributed by atoms with Crippen LogP contribution in [0.15, 0.2) is 29.3 Å². The van der Waals surface area contributed by atoms with Crippen molar-refractivity contribution in [3.05, 3.63) is 34.5 Å². The molecule has 0 amide bonds. The van der Waals surface area contributed by atoms with Crippen molar-refractivity contribution < 1.29 is 28.6 Å². The van der Waals surface area contributed by atoms with Gasteiger partial charge in [-0.3, -0.25) is 0 Å². The fourth-order valence-electron chi connectivity index (χ4n) is 2.11. The van der Waals surface area contributed by atoms with Crippen LogP contribution in [0.2, 0.25) is 5.28 Å². The lowest BCUT2D eigenvalue weighted by Crippen LogP contribution is -2.41. The first-order valence-corrected chi connectivity index (χ1v) is 11.3. The minimum Gasteiger partial charge on any atom is -0.461 e. The Hall–Kier alpha value is -1.41. The molecule has 0 radical (unpaired) electrons. The molecular weight excluding hydrogens is 518 g/mol. The van der Waals surface area contributed by atoms with E-state index in [4.69, 9.17) is 35.5 Å². The molecule has 1 saturated heterocycles. The largest absolute Gasteiger partial charge is 0.498 e. The Morgan fingerprint density at radius 2 is 1.42 bits per heavy atom. The maximum Gasteiger partial charge on any atom is 0.498 e. The smallest absolute Gasteiger partial charge is 0.461 e. The van der Waals surface area contributed by atoms with E-state index in [0.717, 1.165) is 9.94 Å². The van der Waals surface area contributed by atoms with Gasteiger partial charge in [-0.15, -0.1) is 0 Å². The molecule has 1 aliphatic rings. The van der Waals surface area contributed by atoms with E-state index >= 15 is 0 Å². The van der Waals surface area contributed by atoms with Gasteiger partial charge >= 0.3 is 13.1 Å². The minimum absolute atomic E-state index is 0.122. The van der Waals surface area contributed by atoms with E-state index in [-0.39, 0.29) is 23.1 Å². The molecule has 33 heavy (non-hydrogen) atoms. The van der Waals surface area contributed by atoms with E-state index in [2.05, 4.69) is 40.6 Å². The number of nitrogens with zero attached hydrogens (tertiary/aromatic N) is 4. The fraction of sp³-hybridized carbons (Fsp3) is 0.600. The molecule has 0 spiro atoms. The highest BCUT2D eigenvalue weighted by molar-refractivity contribution is 9.10. The minimum atomic E-state index is -0.451. The Balaban J connectivity index is 0.000000343. The molecule has 1 N–H and O–H groups in total. The van der Waals surface area contributed by atoms with Gasteiger partial charge in [-0.05, 0) is 55.2 Å². The summed E-state index contributed by atoms with van der Waals surface area (Å²) < 4.78 is 27.3. The van der Waals surface area contributed by atoms with Gasteiger partial charge < -0.3 is 28.6 Å². The van der Waals surface area contributed by atoms with Crippen LogP contribution in [0.5, 0.6) is 6.01 Å². The summed E-state index contributed by atoms with van der Waals surface area (Å²) in [7, 11) is 2.72. The number of hydrogen-bond donors (Lipinski definition) is 1. The van der Waals surface area contributed by atoms with Gasteiger partial charge in [-0.25, -0.2) is 19.9 Å². The molecule has 0 aromatic carbocycles. The van der Waals surface area contributed by atoms with E-state index in [9.17, 15) is 0 Å². The summed E-state index contributed by atoms with van der Waals surface area (Å²) in [5.41, 5.74) is 0.0408. The second-order valence-electron chi connectivity index (χ2n) is 7.62. The molecule has 0 atom stereocenters. The number of hydrogen-bond acceptors (Lipinski definition) is 10. The molecule has 3 heterocycles. The van der Waals surface area contributed by atoms with Gasteiger partial charge in [0, 0.05) is 44.5 Å². The van der Waals surface area contributed by atoms with Crippen LogP contribution in [0.1, 0.15) is 27.7 Å². The zero-order valence-corrected chi connectivity index (χ0v) is 22.1. The van der Waals surface area contributed by atoms with E-state index in [1.165, 1.54) is 0 Å². The molecule has 2 aromatic heterocycles. The second kappa shape index (κ2) is 14.8. The number of ether oxygens (including phenoxy) is 3. The van der Waals surface area contributed by atoms with Crippen LogP contribution in [0.25, 0.3) is 0 Å². The van der Waals surface area contributed by atoms with Gasteiger partial charge in [0.1, 0.15) is 6.61 Å². The first kappa shape index (κ1) is 29.6. The predicted octanol–water partition coefficient (Wildman–Crippen LogP) is 2.32. The van der Waals surface area contributed by atoms with Gasteiger partial charge in [-0.1, -0.05) is 0 Å². The van der Waals surface area contributed by atoms with Gasteiger partial charge in [0.05, 0.1) is 35.5 Å². The number of rotatable bonds is 7. The van der Waals surface area contributed by atoms with Gasteiger partial charge in [0.25, 0.3) is 0 Å². The number of methoxy groups -OCH3 is 2. The van der Waals surface area contributed by atoms with Crippen molar-refractivity contribution in [2.45, 2.75) is 38.9 Å². The Labute approximate surface area is 208 Å². The third-order valence-electron chi connectivity index (χ3n) is 4.58. The molecule has 2 aromatic rings. The fourth-order valence-corrected chi connectivity index (χ4v) is 2.41. The van der Waals surface area contributed by atoms with Gasteiger partial charge in [0.2, 0.25) is 5.28 Å². The van der Waals surface area contributed by atoms with E-state index < -0.39 is 7.12 Å². The monoisotopic (exact) mass is 548 g/mol. The Bertz CT molecular complexity index is 763. The zero-order chi connectivity index (χ0) is 24.9. The maximum atomic E-state index is 7.94. The zero-order valence-electron chi connectivity index (χ0n) is 19.7. The van der Waals surface area contributed by atoms with Crippen molar-refractivity contribution in [3.8, 4) is 6.01 Å². The van der Waals surface area contributed by atoms with Crippen LogP contribution < -0.4 is 10.2 Å². The summed E-state index contributed by atoms with van der Waals surface area (Å²) in [6.45, 7) is 9.53. The molecule has 184 valence electrons. The van der Waals surface area contributed by atoms with Gasteiger partial charge in [-0.2, -0.15) is 0 Å². The Morgan fingerprint density at radius 1 is 0.909 bits per heavy atom. The van der Waals surface area contributed by atoms with Crippen molar-refractivity contribution in [1.29, 1.82) is 0 Å². The first-order valence-electron chi connectivity index (χ1n) is 10.1. The van der Waals surface area contributed by atoms with Crippen LogP contribution in [0, 0.1) is 0 Å². The number of aromatic nitrogens is 4. The average Bonchev–Trinajstić information content (AvgIpc) is 2.99. The standard InChI is InChI=1S/C13H21BN2O4.C4H2BrClN2.C3H8O2/c1-12(2)13(3,4)20-14(19-12)10-8-15-11(16-9-10)18-7-6-17-5;5-3-1-7-4(6)8-2-3;1-5-3-2-4/h8-9H,6-7H2,1-5H3;1-2H;4H,2-3H2,1H3. The van der Waals surface area contributed by atoms with E-state index in [0.29, 0.717) is 25.8 Å². The van der Waals surface area contributed by atoms with Crippen LogP contribution in [-0.2, 0) is 18.8 Å². The van der Waals surface area contributed by atoms with Crippen molar-refractivity contribution in [1.82, 2.24) is 19.9 Å². The van der Waals surface area contributed by atoms with Crippen LogP contribution in [-0.4, -0.2) is 84.0 Å². The highest BCUT2D eigenvalue weighted by atomic mass is 79.9. The lowest BCUT2D eigenvalue weighted by molar-refractivity contribution is 0.00578. The number of aliphatic hydroxyl groups excluding tert-OH is 1. The topological polar surface area (TPSA) is 118 Å². The highest BCUT2D eigenvalue weighted by Gasteiger charge is 2.51. The quantitative estimate of drug-likeness (QED) is 0.313. The van der Waals surface area contributed by atoms with Crippen molar-refractivity contribution in [3.63, 3.8) is 0 Å². The summed E-state index contributed by atoms with van der Waals surface area (Å²) in [6.07, 6.45) is 6.51. The number of halogens is 2. The summed E-state index contributed by atoms with van der Waals surface area (Å²) in [6, 6.07) is 0.322.